The molecule has 0 saturated carbocycles. The molecule has 5 nitrogen and oxygen atoms in total. The number of halogens is 1. The van der Waals surface area contributed by atoms with E-state index in [1.807, 2.05) is 0 Å². The zero-order valence-corrected chi connectivity index (χ0v) is 13.0. The summed E-state index contributed by atoms with van der Waals surface area (Å²) in [7, 11) is 0. The molecule has 0 atom stereocenters. The van der Waals surface area contributed by atoms with Gasteiger partial charge in [-0.2, -0.15) is 0 Å². The first-order chi connectivity index (χ1) is 10.6. The van der Waals surface area contributed by atoms with Crippen LogP contribution in [0.25, 0.3) is 21.9 Å². The van der Waals surface area contributed by atoms with Crippen LogP contribution in [0.1, 0.15) is 34.5 Å². The Kier molecular flexibility index (Phi) is 2.91. The van der Waals surface area contributed by atoms with E-state index in [0.717, 1.165) is 42.4 Å². The molecule has 0 spiro atoms. The second kappa shape index (κ2) is 4.71. The maximum absolute atomic E-state index is 11.8. The van der Waals surface area contributed by atoms with Gasteiger partial charge >= 0.3 is 5.63 Å². The molecule has 0 unspecified atom stereocenters. The predicted molar refractivity (Wildman–Crippen MR) is 80.9 cm³/mol. The Hall–Kier alpha value is -2.08. The highest BCUT2D eigenvalue weighted by atomic mass is 79.9. The number of carboxylic acid groups (broad SMARTS) is 1. The van der Waals surface area contributed by atoms with Crippen molar-refractivity contribution in [3.05, 3.63) is 43.9 Å². The fraction of sp³-hybridized carbons (Fsp3) is 0.250. The smallest absolute Gasteiger partial charge is 0.345 e. The third kappa shape index (κ3) is 1.83. The molecule has 0 aliphatic heterocycles. The van der Waals surface area contributed by atoms with E-state index in [2.05, 4.69) is 15.9 Å². The van der Waals surface area contributed by atoms with Crippen LogP contribution in [0, 0.1) is 0 Å². The second-order valence-electron chi connectivity index (χ2n) is 5.42. The molecule has 0 radical (unpaired) electrons. The monoisotopic (exact) mass is 361 g/mol. The van der Waals surface area contributed by atoms with Crippen LogP contribution >= 0.6 is 15.9 Å². The molecule has 2 heterocycles. The van der Waals surface area contributed by atoms with Gasteiger partial charge in [0.1, 0.15) is 11.3 Å². The van der Waals surface area contributed by atoms with Crippen molar-refractivity contribution in [2.75, 3.05) is 0 Å². The standard InChI is InChI=1S/C16H11BrO5/c17-10-6-12-13(7-3-1-2-4-11(7)21-12)8-5-9(15(18)19)16(20)22-14(8)10/h5-6H,1-4H2,(H,18,19)/p-1. The minimum Gasteiger partial charge on any atom is -0.545 e. The van der Waals surface area contributed by atoms with E-state index in [1.54, 1.807) is 6.07 Å². The van der Waals surface area contributed by atoms with Crippen LogP contribution in [0.2, 0.25) is 0 Å². The van der Waals surface area contributed by atoms with Crippen LogP contribution in [0.5, 0.6) is 0 Å². The third-order valence-electron chi connectivity index (χ3n) is 4.11. The van der Waals surface area contributed by atoms with E-state index in [-0.39, 0.29) is 0 Å². The normalized spacial score (nSPS) is 14.4. The molecule has 0 amide bonds. The molecule has 1 aliphatic carbocycles. The Morgan fingerprint density at radius 2 is 1.95 bits per heavy atom. The summed E-state index contributed by atoms with van der Waals surface area (Å²) in [6.45, 7) is 0. The molecule has 4 rings (SSSR count). The van der Waals surface area contributed by atoms with Gasteiger partial charge in [0.05, 0.1) is 16.0 Å². The first-order valence-corrected chi connectivity index (χ1v) is 7.77. The maximum Gasteiger partial charge on any atom is 0.345 e. The summed E-state index contributed by atoms with van der Waals surface area (Å²) in [6, 6.07) is 3.09. The van der Waals surface area contributed by atoms with Gasteiger partial charge in [0.2, 0.25) is 0 Å². The van der Waals surface area contributed by atoms with Gasteiger partial charge in [0.25, 0.3) is 0 Å². The summed E-state index contributed by atoms with van der Waals surface area (Å²) in [6.07, 6.45) is 3.88. The predicted octanol–water partition coefficient (Wildman–Crippen LogP) is 2.54. The second-order valence-corrected chi connectivity index (χ2v) is 6.27. The van der Waals surface area contributed by atoms with Crippen molar-refractivity contribution < 1.29 is 18.7 Å². The minimum atomic E-state index is -1.54. The van der Waals surface area contributed by atoms with Crippen molar-refractivity contribution in [2.45, 2.75) is 25.7 Å². The summed E-state index contributed by atoms with van der Waals surface area (Å²) in [5.74, 6) is -0.608. The lowest BCUT2D eigenvalue weighted by molar-refractivity contribution is -0.255. The maximum atomic E-state index is 11.8. The molecule has 3 aromatic rings. The number of hydrogen-bond acceptors (Lipinski definition) is 5. The number of carbonyl (C=O) groups is 1. The number of benzene rings is 1. The summed E-state index contributed by atoms with van der Waals surface area (Å²) < 4.78 is 11.6. The summed E-state index contributed by atoms with van der Waals surface area (Å²) >= 11 is 3.35. The molecule has 112 valence electrons. The number of aromatic carboxylic acids is 1. The number of aryl methyl sites for hydroxylation is 2. The molecule has 0 saturated heterocycles. The Bertz CT molecular complexity index is 995. The third-order valence-corrected chi connectivity index (χ3v) is 4.70. The van der Waals surface area contributed by atoms with Gasteiger partial charge in [-0.05, 0) is 47.3 Å². The van der Waals surface area contributed by atoms with Crippen molar-refractivity contribution in [3.63, 3.8) is 0 Å². The van der Waals surface area contributed by atoms with Crippen molar-refractivity contribution in [1.29, 1.82) is 0 Å². The van der Waals surface area contributed by atoms with Gasteiger partial charge in [0, 0.05) is 22.8 Å². The van der Waals surface area contributed by atoms with E-state index in [4.69, 9.17) is 8.83 Å². The summed E-state index contributed by atoms with van der Waals surface area (Å²) in [5.41, 5.74) is 0.695. The zero-order chi connectivity index (χ0) is 15.4. The molecule has 1 aromatic carbocycles. The van der Waals surface area contributed by atoms with E-state index in [9.17, 15) is 14.7 Å². The lowest BCUT2D eigenvalue weighted by Crippen LogP contribution is -2.28. The van der Waals surface area contributed by atoms with Crippen LogP contribution in [-0.4, -0.2) is 5.97 Å². The highest BCUT2D eigenvalue weighted by molar-refractivity contribution is 9.10. The molecular formula is C16H10BrO5-. The molecular weight excluding hydrogens is 352 g/mol. The van der Waals surface area contributed by atoms with Gasteiger partial charge in [-0.15, -0.1) is 0 Å². The van der Waals surface area contributed by atoms with Crippen molar-refractivity contribution in [3.8, 4) is 0 Å². The fourth-order valence-electron chi connectivity index (χ4n) is 3.14. The van der Waals surface area contributed by atoms with Crippen molar-refractivity contribution in [1.82, 2.24) is 0 Å². The fourth-order valence-corrected chi connectivity index (χ4v) is 3.64. The zero-order valence-electron chi connectivity index (χ0n) is 11.4. The van der Waals surface area contributed by atoms with Gasteiger partial charge in [-0.3, -0.25) is 0 Å². The SMILES string of the molecule is O=C([O-])c1cc2c(oc1=O)c(Br)cc1oc3c(c12)CCCC3. The lowest BCUT2D eigenvalue weighted by Gasteiger charge is -2.10. The van der Waals surface area contributed by atoms with Crippen molar-refractivity contribution >= 4 is 43.8 Å². The molecule has 2 aromatic heterocycles. The Balaban J connectivity index is 2.21. The van der Waals surface area contributed by atoms with Crippen molar-refractivity contribution in [2.24, 2.45) is 0 Å². The topological polar surface area (TPSA) is 83.5 Å². The van der Waals surface area contributed by atoms with E-state index in [0.29, 0.717) is 21.0 Å². The Morgan fingerprint density at radius 1 is 1.18 bits per heavy atom. The lowest BCUT2D eigenvalue weighted by atomic mass is 9.94. The number of rotatable bonds is 1. The van der Waals surface area contributed by atoms with E-state index >= 15 is 0 Å². The largest absolute Gasteiger partial charge is 0.545 e. The Morgan fingerprint density at radius 3 is 2.73 bits per heavy atom. The number of fused-ring (bicyclic) bond motifs is 5. The van der Waals surface area contributed by atoms with Gasteiger partial charge in [-0.1, -0.05) is 0 Å². The number of carboxylic acids is 1. The van der Waals surface area contributed by atoms with Gasteiger partial charge in [0.15, 0.2) is 5.58 Å². The molecule has 6 heteroatoms. The minimum absolute atomic E-state index is 0.330. The average Bonchev–Trinajstić information content (AvgIpc) is 2.85. The number of hydrogen-bond donors (Lipinski definition) is 0. The van der Waals surface area contributed by atoms with E-state index in [1.165, 1.54) is 6.07 Å². The van der Waals surface area contributed by atoms with Crippen LogP contribution in [-0.2, 0) is 12.8 Å². The molecule has 0 fully saturated rings. The molecule has 1 aliphatic rings. The first-order valence-electron chi connectivity index (χ1n) is 6.98. The quantitative estimate of drug-likeness (QED) is 0.622. The van der Waals surface area contributed by atoms with Gasteiger partial charge < -0.3 is 18.7 Å². The van der Waals surface area contributed by atoms with Crippen LogP contribution in [0.3, 0.4) is 0 Å². The first kappa shape index (κ1) is 13.6. The molecule has 0 bridgehead atoms. The van der Waals surface area contributed by atoms with Crippen LogP contribution in [0.4, 0.5) is 0 Å². The van der Waals surface area contributed by atoms with E-state index < -0.39 is 17.2 Å². The summed E-state index contributed by atoms with van der Waals surface area (Å²) in [5, 5.41) is 12.5. The number of carbonyl (C=O) groups excluding carboxylic acids is 1. The average molecular weight is 362 g/mol. The molecule has 0 N–H and O–H groups in total. The highest BCUT2D eigenvalue weighted by Gasteiger charge is 2.22. The Labute approximate surface area is 132 Å². The molecule has 22 heavy (non-hydrogen) atoms. The van der Waals surface area contributed by atoms with Crippen LogP contribution < -0.4 is 10.7 Å². The highest BCUT2D eigenvalue weighted by Crippen LogP contribution is 2.39. The van der Waals surface area contributed by atoms with Crippen LogP contribution in [0.15, 0.2) is 30.2 Å². The summed E-state index contributed by atoms with van der Waals surface area (Å²) in [4.78, 5) is 22.9. The van der Waals surface area contributed by atoms with Gasteiger partial charge in [-0.25, -0.2) is 4.79 Å². The number of furan rings is 1.